The van der Waals surface area contributed by atoms with Gasteiger partial charge in [-0.1, -0.05) is 42.5 Å². The summed E-state index contributed by atoms with van der Waals surface area (Å²) >= 11 is 0. The molecular weight excluding hydrogens is 284 g/mol. The van der Waals surface area contributed by atoms with E-state index in [4.69, 9.17) is 5.73 Å². The Morgan fingerprint density at radius 2 is 1.39 bits per heavy atom. The molecule has 0 saturated heterocycles. The molecule has 0 aromatic heterocycles. The van der Waals surface area contributed by atoms with Crippen molar-refractivity contribution in [2.24, 2.45) is 0 Å². The number of hydrogen-bond acceptors (Lipinski definition) is 3. The number of nitrogens with two attached hydrogens (primary N) is 1. The van der Waals surface area contributed by atoms with Gasteiger partial charge in [-0.3, -0.25) is 0 Å². The average Bonchev–Trinajstić information content (AvgIpc) is 2.57. The number of hydrogen-bond donors (Lipinski definition) is 2. The summed E-state index contributed by atoms with van der Waals surface area (Å²) in [5, 5.41) is 10.5. The van der Waals surface area contributed by atoms with E-state index in [0.29, 0.717) is 5.69 Å². The van der Waals surface area contributed by atoms with Crippen LogP contribution in [0.2, 0.25) is 0 Å². The lowest BCUT2D eigenvalue weighted by Gasteiger charge is -2.35. The van der Waals surface area contributed by atoms with Crippen LogP contribution in [0, 0.1) is 0 Å². The minimum absolute atomic E-state index is 0.000741. The Morgan fingerprint density at radius 3 is 1.96 bits per heavy atom. The first kappa shape index (κ1) is 13.7. The topological polar surface area (TPSA) is 49.5 Å². The number of rotatable bonds is 1. The van der Waals surface area contributed by atoms with E-state index in [0.717, 1.165) is 16.9 Å². The van der Waals surface area contributed by atoms with Gasteiger partial charge in [0.05, 0.1) is 0 Å². The maximum absolute atomic E-state index is 10.5. The van der Waals surface area contributed by atoms with Gasteiger partial charge in [-0.2, -0.15) is 0 Å². The van der Waals surface area contributed by atoms with Gasteiger partial charge in [0.15, 0.2) is 0 Å². The molecule has 3 heteroatoms. The molecule has 23 heavy (non-hydrogen) atoms. The van der Waals surface area contributed by atoms with E-state index in [9.17, 15) is 5.11 Å². The number of nitrogens with zero attached hydrogens (tertiary/aromatic N) is 1. The molecule has 3 nitrogen and oxygen atoms in total. The Morgan fingerprint density at radius 1 is 0.826 bits per heavy atom. The van der Waals surface area contributed by atoms with Crippen LogP contribution in [0.25, 0.3) is 0 Å². The van der Waals surface area contributed by atoms with E-state index in [2.05, 4.69) is 36.2 Å². The summed E-state index contributed by atoms with van der Waals surface area (Å²) in [6.45, 7) is 0. The fraction of sp³-hybridized carbons (Fsp3) is 0.100. The number of fused-ring (bicyclic) bond motifs is 2. The number of para-hydroxylation sites is 2. The minimum atomic E-state index is -0.000741. The zero-order chi connectivity index (χ0) is 16.0. The molecule has 0 unspecified atom stereocenters. The summed E-state index contributed by atoms with van der Waals surface area (Å²) < 4.78 is 0. The van der Waals surface area contributed by atoms with Crippen LogP contribution in [0.4, 0.5) is 17.1 Å². The van der Waals surface area contributed by atoms with E-state index in [1.54, 1.807) is 6.07 Å². The van der Waals surface area contributed by atoms with Gasteiger partial charge in [0.25, 0.3) is 0 Å². The predicted octanol–water partition coefficient (Wildman–Crippen LogP) is 4.24. The lowest BCUT2D eigenvalue weighted by atomic mass is 9.80. The summed E-state index contributed by atoms with van der Waals surface area (Å²) in [7, 11) is 2.08. The van der Waals surface area contributed by atoms with Crippen LogP contribution in [0.5, 0.6) is 5.75 Å². The number of aromatic hydroxyl groups is 1. The second kappa shape index (κ2) is 5.06. The number of anilines is 3. The normalized spacial score (nSPS) is 13.5. The number of phenols is 1. The third-order valence-corrected chi connectivity index (χ3v) is 4.58. The fourth-order valence-electron chi connectivity index (χ4n) is 3.51. The van der Waals surface area contributed by atoms with E-state index in [1.165, 1.54) is 11.1 Å². The third kappa shape index (κ3) is 2.05. The standard InChI is InChI=1S/C20H18N2O/c1-22-17-8-4-2-6-14(17)20(15-7-3-5-9-18(15)22)16-11-10-13(21)12-19(16)23/h2-12,20,23H,21H2,1H3. The summed E-state index contributed by atoms with van der Waals surface area (Å²) in [5.41, 5.74) is 11.9. The first-order chi connectivity index (χ1) is 11.2. The Hall–Kier alpha value is -2.94. The van der Waals surface area contributed by atoms with Crippen LogP contribution >= 0.6 is 0 Å². The lowest BCUT2D eigenvalue weighted by molar-refractivity contribution is 0.467. The summed E-state index contributed by atoms with van der Waals surface area (Å²) in [6, 6.07) is 22.1. The van der Waals surface area contributed by atoms with Crippen LogP contribution in [0.3, 0.4) is 0 Å². The molecule has 0 radical (unpaired) electrons. The third-order valence-electron chi connectivity index (χ3n) is 4.58. The van der Waals surface area contributed by atoms with Crippen molar-refractivity contribution in [1.82, 2.24) is 0 Å². The van der Waals surface area contributed by atoms with Crippen molar-refractivity contribution in [3.05, 3.63) is 83.4 Å². The predicted molar refractivity (Wildman–Crippen MR) is 94.4 cm³/mol. The highest BCUT2D eigenvalue weighted by Gasteiger charge is 2.30. The van der Waals surface area contributed by atoms with Gasteiger partial charge in [-0.05, 0) is 29.3 Å². The molecule has 0 atom stereocenters. The van der Waals surface area contributed by atoms with Crippen molar-refractivity contribution in [2.45, 2.75) is 5.92 Å². The second-order valence-electron chi connectivity index (χ2n) is 5.93. The fourth-order valence-corrected chi connectivity index (χ4v) is 3.51. The maximum Gasteiger partial charge on any atom is 0.121 e. The van der Waals surface area contributed by atoms with Crippen molar-refractivity contribution >= 4 is 17.1 Å². The molecule has 3 aromatic carbocycles. The quantitative estimate of drug-likeness (QED) is 0.661. The first-order valence-electron chi connectivity index (χ1n) is 7.67. The molecule has 0 spiro atoms. The molecule has 0 fully saturated rings. The van der Waals surface area contributed by atoms with Crippen molar-refractivity contribution < 1.29 is 5.11 Å². The zero-order valence-corrected chi connectivity index (χ0v) is 12.9. The van der Waals surface area contributed by atoms with Crippen molar-refractivity contribution in [3.8, 4) is 5.75 Å². The van der Waals surface area contributed by atoms with Crippen LogP contribution in [-0.4, -0.2) is 12.2 Å². The Labute approximate surface area is 135 Å². The SMILES string of the molecule is CN1c2ccccc2C(c2ccc(N)cc2O)c2ccccc21. The van der Waals surface area contributed by atoms with Gasteiger partial charge in [0.2, 0.25) is 0 Å². The van der Waals surface area contributed by atoms with Gasteiger partial charge < -0.3 is 15.7 Å². The molecule has 0 saturated carbocycles. The van der Waals surface area contributed by atoms with Gasteiger partial charge in [-0.15, -0.1) is 0 Å². The van der Waals surface area contributed by atoms with E-state index in [1.807, 2.05) is 36.4 Å². The highest BCUT2D eigenvalue weighted by Crippen LogP contribution is 2.49. The largest absolute Gasteiger partial charge is 0.508 e. The van der Waals surface area contributed by atoms with Gasteiger partial charge >= 0.3 is 0 Å². The maximum atomic E-state index is 10.5. The molecule has 3 N–H and O–H groups in total. The molecule has 4 rings (SSSR count). The van der Waals surface area contributed by atoms with Crippen molar-refractivity contribution in [2.75, 3.05) is 17.7 Å². The van der Waals surface area contributed by atoms with Gasteiger partial charge in [-0.25, -0.2) is 0 Å². The van der Waals surface area contributed by atoms with Crippen LogP contribution in [-0.2, 0) is 0 Å². The number of phenolic OH excluding ortho intramolecular Hbond substituents is 1. The molecule has 3 aromatic rings. The Bertz CT molecular complexity index is 841. The van der Waals surface area contributed by atoms with E-state index < -0.39 is 0 Å². The van der Waals surface area contributed by atoms with Crippen molar-refractivity contribution in [1.29, 1.82) is 0 Å². The summed E-state index contributed by atoms with van der Waals surface area (Å²) in [5.74, 6) is 0.239. The monoisotopic (exact) mass is 302 g/mol. The van der Waals surface area contributed by atoms with Crippen LogP contribution < -0.4 is 10.6 Å². The smallest absolute Gasteiger partial charge is 0.121 e. The number of benzene rings is 3. The summed E-state index contributed by atoms with van der Waals surface area (Å²) in [6.07, 6.45) is 0. The molecule has 0 bridgehead atoms. The Balaban J connectivity index is 2.01. The molecule has 114 valence electrons. The number of nitrogen functional groups attached to an aromatic ring is 1. The Kier molecular flexibility index (Phi) is 3.01. The molecule has 0 aliphatic carbocycles. The van der Waals surface area contributed by atoms with E-state index in [-0.39, 0.29) is 11.7 Å². The molecule has 0 amide bonds. The van der Waals surface area contributed by atoms with Crippen molar-refractivity contribution in [3.63, 3.8) is 0 Å². The molecule has 1 aliphatic rings. The highest BCUT2D eigenvalue weighted by atomic mass is 16.3. The van der Waals surface area contributed by atoms with E-state index >= 15 is 0 Å². The first-order valence-corrected chi connectivity index (χ1v) is 7.67. The average molecular weight is 302 g/mol. The minimum Gasteiger partial charge on any atom is -0.508 e. The molecular formula is C20H18N2O. The molecule has 1 aliphatic heterocycles. The molecule has 1 heterocycles. The lowest BCUT2D eigenvalue weighted by Crippen LogP contribution is -2.22. The van der Waals surface area contributed by atoms with Gasteiger partial charge in [0.1, 0.15) is 5.75 Å². The summed E-state index contributed by atoms with van der Waals surface area (Å²) in [4.78, 5) is 2.20. The highest BCUT2D eigenvalue weighted by molar-refractivity contribution is 5.78. The van der Waals surface area contributed by atoms with Crippen LogP contribution in [0.15, 0.2) is 66.7 Å². The van der Waals surface area contributed by atoms with Gasteiger partial charge in [0, 0.05) is 41.7 Å². The zero-order valence-electron chi connectivity index (χ0n) is 12.9. The second-order valence-corrected chi connectivity index (χ2v) is 5.93. The van der Waals surface area contributed by atoms with Crippen LogP contribution in [0.1, 0.15) is 22.6 Å².